The minimum atomic E-state index is -1.95. The fourth-order valence-corrected chi connectivity index (χ4v) is 6.98. The molecule has 5 rings (SSSR count). The predicted molar refractivity (Wildman–Crippen MR) is 142 cm³/mol. The zero-order valence-electron chi connectivity index (χ0n) is 22.8. The number of aromatic nitrogens is 1. The van der Waals surface area contributed by atoms with E-state index in [1.54, 1.807) is 12.3 Å². The van der Waals surface area contributed by atoms with Crippen molar-refractivity contribution >= 4 is 23.3 Å². The number of hydrogen-bond donors (Lipinski definition) is 6. The number of ether oxygens (including phenoxy) is 4. The summed E-state index contributed by atoms with van der Waals surface area (Å²) in [6, 6.07) is 1.85. The number of rotatable bonds is 10. The van der Waals surface area contributed by atoms with Crippen LogP contribution in [0.4, 0.5) is 0 Å². The Balaban J connectivity index is 1.50. The van der Waals surface area contributed by atoms with E-state index in [4.69, 9.17) is 18.9 Å². The van der Waals surface area contributed by atoms with Crippen LogP contribution in [0.25, 0.3) is 11.3 Å². The van der Waals surface area contributed by atoms with E-state index in [2.05, 4.69) is 11.6 Å². The number of hydrogen-bond acceptors (Lipinski definition) is 10. The summed E-state index contributed by atoms with van der Waals surface area (Å²) in [5, 5.41) is 54.9. The molecule has 41 heavy (non-hydrogen) atoms. The Kier molecular flexibility index (Phi) is 8.16. The molecule has 1 saturated carbocycles. The molecule has 8 unspecified atom stereocenters. The normalized spacial score (nSPS) is 36.0. The van der Waals surface area contributed by atoms with Crippen LogP contribution in [0, 0.1) is 11.8 Å². The number of aliphatic hydroxyl groups excluding tert-OH is 3. The molecule has 0 amide bonds. The largest absolute Gasteiger partial charge is 0.481 e. The van der Waals surface area contributed by atoms with Crippen LogP contribution in [0.5, 0.6) is 0 Å². The number of carboxylic acid groups (broad SMARTS) is 1. The number of carboxylic acids is 1. The van der Waals surface area contributed by atoms with Gasteiger partial charge in [0.15, 0.2) is 11.9 Å². The zero-order chi connectivity index (χ0) is 29.5. The van der Waals surface area contributed by atoms with Crippen molar-refractivity contribution in [1.82, 2.24) is 4.98 Å². The molecule has 2 aliphatic heterocycles. The Morgan fingerprint density at radius 3 is 2.76 bits per heavy atom. The molecule has 1 spiro atoms. The number of aliphatic hydroxyl groups is 4. The Morgan fingerprint density at radius 1 is 1.32 bits per heavy atom. The van der Waals surface area contributed by atoms with E-state index in [-0.39, 0.29) is 31.4 Å². The maximum Gasteiger partial charge on any atom is 0.333 e. The second kappa shape index (κ2) is 11.3. The van der Waals surface area contributed by atoms with Gasteiger partial charge in [-0.05, 0) is 37.3 Å². The van der Waals surface area contributed by atoms with Gasteiger partial charge in [-0.25, -0.2) is 4.79 Å². The van der Waals surface area contributed by atoms with E-state index < -0.39 is 66.2 Å². The van der Waals surface area contributed by atoms with Crippen LogP contribution in [0.15, 0.2) is 36.6 Å². The highest BCUT2D eigenvalue weighted by molar-refractivity contribution is 5.90. The van der Waals surface area contributed by atoms with Crippen LogP contribution in [0.3, 0.4) is 0 Å². The van der Waals surface area contributed by atoms with Gasteiger partial charge in [0.05, 0.1) is 31.6 Å². The van der Waals surface area contributed by atoms with Crippen LogP contribution >= 0.6 is 0 Å². The van der Waals surface area contributed by atoms with Crippen LogP contribution in [-0.4, -0.2) is 98.6 Å². The standard InChI is InChI=1S/C29H37NO11/c1-3-15-18(13-23(33)34)16(25(35)38-2)6-7-20(15)39-27-28(37)10-8-19-17-9-11-30-24(17)21(5-4-12-31)41-29(19,26(28)36)22(14-32)40-27/h3,6,9,11,15,18,20,22,26-27,30-32,36-37H,1,4-5,7-8,10,12-14H2,2H3,(H,33,34). The van der Waals surface area contributed by atoms with Gasteiger partial charge in [-0.2, -0.15) is 0 Å². The Labute approximate surface area is 236 Å². The van der Waals surface area contributed by atoms with Crippen molar-refractivity contribution in [3.63, 3.8) is 0 Å². The smallest absolute Gasteiger partial charge is 0.333 e. The van der Waals surface area contributed by atoms with E-state index in [1.165, 1.54) is 13.2 Å². The van der Waals surface area contributed by atoms with Crippen molar-refractivity contribution < 1.29 is 54.1 Å². The molecule has 3 heterocycles. The van der Waals surface area contributed by atoms with Crippen molar-refractivity contribution in [2.24, 2.45) is 11.8 Å². The lowest BCUT2D eigenvalue weighted by molar-refractivity contribution is -0.372. The number of esters is 1. The molecule has 12 nitrogen and oxygen atoms in total. The predicted octanol–water partition coefficient (Wildman–Crippen LogP) is -0.800. The molecule has 0 aromatic carbocycles. The molecule has 12 heteroatoms. The van der Waals surface area contributed by atoms with E-state index in [0.717, 1.165) is 10.6 Å². The third-order valence-electron chi connectivity index (χ3n) is 8.92. The van der Waals surface area contributed by atoms with E-state index >= 15 is 0 Å². The van der Waals surface area contributed by atoms with Crippen LogP contribution < -0.4 is 10.6 Å². The molecule has 1 saturated heterocycles. The molecule has 2 fully saturated rings. The molecular weight excluding hydrogens is 538 g/mol. The van der Waals surface area contributed by atoms with Gasteiger partial charge in [-0.1, -0.05) is 12.2 Å². The van der Waals surface area contributed by atoms with Crippen LogP contribution in [0.1, 0.15) is 38.5 Å². The van der Waals surface area contributed by atoms with Crippen molar-refractivity contribution in [2.45, 2.75) is 74.3 Å². The summed E-state index contributed by atoms with van der Waals surface area (Å²) in [5.41, 5.74) is -2.66. The van der Waals surface area contributed by atoms with Crippen molar-refractivity contribution in [2.75, 3.05) is 20.3 Å². The average molecular weight is 576 g/mol. The molecule has 8 atom stereocenters. The molecule has 2 bridgehead atoms. The second-order valence-electron chi connectivity index (χ2n) is 11.0. The molecule has 2 aliphatic carbocycles. The summed E-state index contributed by atoms with van der Waals surface area (Å²) in [5.74, 6) is -2.75. The van der Waals surface area contributed by atoms with Crippen LogP contribution in [-0.2, 0) is 28.5 Å². The van der Waals surface area contributed by atoms with Crippen LogP contribution in [0.2, 0.25) is 0 Å². The van der Waals surface area contributed by atoms with Gasteiger partial charge < -0.3 is 49.5 Å². The van der Waals surface area contributed by atoms with E-state index in [9.17, 15) is 35.1 Å². The highest BCUT2D eigenvalue weighted by Gasteiger charge is 2.70. The molecule has 1 aromatic heterocycles. The van der Waals surface area contributed by atoms with Gasteiger partial charge in [0.25, 0.3) is 0 Å². The lowest BCUT2D eigenvalue weighted by atomic mass is 9.63. The van der Waals surface area contributed by atoms with Crippen molar-refractivity contribution in [3.8, 4) is 0 Å². The number of carbonyl (C=O) groups excluding carboxylic acids is 1. The highest BCUT2D eigenvalue weighted by Crippen LogP contribution is 2.53. The van der Waals surface area contributed by atoms with Crippen molar-refractivity contribution in [3.05, 3.63) is 47.1 Å². The summed E-state index contributed by atoms with van der Waals surface area (Å²) < 4.78 is 23.8. The van der Waals surface area contributed by atoms with Gasteiger partial charge in [0, 0.05) is 41.9 Å². The van der Waals surface area contributed by atoms with E-state index in [1.807, 2.05) is 6.07 Å². The minimum Gasteiger partial charge on any atom is -0.481 e. The summed E-state index contributed by atoms with van der Waals surface area (Å²) in [6.07, 6.45) is 0.855. The summed E-state index contributed by atoms with van der Waals surface area (Å²) in [4.78, 5) is 27.2. The molecule has 1 aromatic rings. The molecule has 6 N–H and O–H groups in total. The van der Waals surface area contributed by atoms with Gasteiger partial charge in [0.1, 0.15) is 23.6 Å². The number of aliphatic carboxylic acids is 1. The number of methoxy groups -OCH3 is 1. The van der Waals surface area contributed by atoms with Gasteiger partial charge >= 0.3 is 11.9 Å². The SMILES string of the molecule is C=CC1C(OC2OC(CO)C34OC(CCCO)=c5[nH]ccc5=C3CCC2(O)C4O)CC=C(C(=O)OC)C1CC(=O)O. The quantitative estimate of drug-likeness (QED) is 0.151. The van der Waals surface area contributed by atoms with Gasteiger partial charge in [-0.15, -0.1) is 6.58 Å². The molecule has 224 valence electrons. The summed E-state index contributed by atoms with van der Waals surface area (Å²) in [6.45, 7) is 3.20. The van der Waals surface area contributed by atoms with Crippen molar-refractivity contribution in [1.29, 1.82) is 0 Å². The first-order valence-corrected chi connectivity index (χ1v) is 13.8. The summed E-state index contributed by atoms with van der Waals surface area (Å²) in [7, 11) is 1.22. The first kappa shape index (κ1) is 29.5. The molecule has 4 aliphatic rings. The molecule has 0 radical (unpaired) electrons. The number of fused-ring (bicyclic) bond motifs is 2. The zero-order valence-corrected chi connectivity index (χ0v) is 22.8. The lowest BCUT2D eigenvalue weighted by Gasteiger charge is -2.60. The Hall–Kier alpha value is -3.00. The second-order valence-corrected chi connectivity index (χ2v) is 11.0. The van der Waals surface area contributed by atoms with E-state index in [0.29, 0.717) is 30.6 Å². The fourth-order valence-electron chi connectivity index (χ4n) is 6.98. The van der Waals surface area contributed by atoms with Gasteiger partial charge in [0.2, 0.25) is 0 Å². The Morgan fingerprint density at radius 2 is 2.10 bits per heavy atom. The number of carbonyl (C=O) groups is 2. The minimum absolute atomic E-state index is 0.0568. The topological polar surface area (TPSA) is 188 Å². The lowest BCUT2D eigenvalue weighted by Crippen LogP contribution is -2.78. The summed E-state index contributed by atoms with van der Waals surface area (Å²) >= 11 is 0. The first-order valence-electron chi connectivity index (χ1n) is 13.8. The van der Waals surface area contributed by atoms with Gasteiger partial charge in [-0.3, -0.25) is 4.79 Å². The third kappa shape index (κ3) is 4.62. The maximum absolute atomic E-state index is 12.4. The first-order chi connectivity index (χ1) is 19.7. The molecular formula is C29H37NO11. The highest BCUT2D eigenvalue weighted by atomic mass is 16.7. The third-order valence-corrected chi connectivity index (χ3v) is 8.92. The monoisotopic (exact) mass is 575 g/mol. The maximum atomic E-state index is 12.4. The number of nitrogens with one attached hydrogen (secondary N) is 1. The Bertz CT molecular complexity index is 1350. The fraction of sp³-hybridized carbons (Fsp3) is 0.586. The number of H-pyrrole nitrogens is 1. The average Bonchev–Trinajstić information content (AvgIpc) is 3.45. The number of aromatic amines is 1.